The minimum absolute atomic E-state index is 0.0530. The zero-order chi connectivity index (χ0) is 16.9. The second kappa shape index (κ2) is 7.79. The Hall–Kier alpha value is -1.89. The third-order valence-electron chi connectivity index (χ3n) is 4.51. The van der Waals surface area contributed by atoms with Gasteiger partial charge in [0.1, 0.15) is 0 Å². The largest absolute Gasteiger partial charge is 0.352 e. The SMILES string of the molecule is Cc1ccc(-n2nnnc2SCC(=O)N[C@H]2CCCC[C@H]2C)cc1. The first-order valence-electron chi connectivity index (χ1n) is 8.41. The molecule has 1 aliphatic carbocycles. The average molecular weight is 345 g/mol. The third kappa shape index (κ3) is 4.14. The van der Waals surface area contributed by atoms with Crippen molar-refractivity contribution in [3.05, 3.63) is 29.8 Å². The Morgan fingerprint density at radius 2 is 2.04 bits per heavy atom. The van der Waals surface area contributed by atoms with Gasteiger partial charge >= 0.3 is 0 Å². The fourth-order valence-electron chi connectivity index (χ4n) is 3.03. The van der Waals surface area contributed by atoms with Crippen LogP contribution in [0.2, 0.25) is 0 Å². The first-order chi connectivity index (χ1) is 11.6. The Morgan fingerprint density at radius 3 is 2.79 bits per heavy atom. The minimum Gasteiger partial charge on any atom is -0.352 e. The lowest BCUT2D eigenvalue weighted by molar-refractivity contribution is -0.119. The molecule has 6 nitrogen and oxygen atoms in total. The van der Waals surface area contributed by atoms with Crippen molar-refractivity contribution < 1.29 is 4.79 Å². The van der Waals surface area contributed by atoms with Crippen LogP contribution in [0.15, 0.2) is 29.4 Å². The van der Waals surface area contributed by atoms with Crippen molar-refractivity contribution in [3.63, 3.8) is 0 Å². The maximum absolute atomic E-state index is 12.2. The predicted octanol–water partition coefficient (Wildman–Crippen LogP) is 2.76. The molecule has 0 unspecified atom stereocenters. The van der Waals surface area contributed by atoms with Crippen LogP contribution in [0.25, 0.3) is 5.69 Å². The van der Waals surface area contributed by atoms with Crippen LogP contribution in [-0.2, 0) is 4.79 Å². The Bertz CT molecular complexity index is 685. The lowest BCUT2D eigenvalue weighted by Gasteiger charge is -2.29. The van der Waals surface area contributed by atoms with E-state index in [1.807, 2.05) is 31.2 Å². The highest BCUT2D eigenvalue weighted by Gasteiger charge is 2.23. The molecule has 1 aromatic carbocycles. The molecule has 3 rings (SSSR count). The van der Waals surface area contributed by atoms with Crippen LogP contribution in [0.1, 0.15) is 38.2 Å². The van der Waals surface area contributed by atoms with Crippen LogP contribution in [0, 0.1) is 12.8 Å². The van der Waals surface area contributed by atoms with Crippen LogP contribution in [0.4, 0.5) is 0 Å². The van der Waals surface area contributed by atoms with E-state index in [4.69, 9.17) is 0 Å². The van der Waals surface area contributed by atoms with E-state index in [-0.39, 0.29) is 5.91 Å². The van der Waals surface area contributed by atoms with Crippen molar-refractivity contribution in [1.82, 2.24) is 25.5 Å². The third-order valence-corrected chi connectivity index (χ3v) is 5.43. The van der Waals surface area contributed by atoms with Crippen molar-refractivity contribution in [2.45, 2.75) is 50.7 Å². The number of nitrogens with one attached hydrogen (secondary N) is 1. The molecule has 0 saturated heterocycles. The van der Waals surface area contributed by atoms with Gasteiger partial charge in [-0.2, -0.15) is 4.68 Å². The molecule has 7 heteroatoms. The summed E-state index contributed by atoms with van der Waals surface area (Å²) in [4.78, 5) is 12.2. The first-order valence-corrected chi connectivity index (χ1v) is 9.39. The number of amides is 1. The molecule has 1 N–H and O–H groups in total. The molecule has 0 aliphatic heterocycles. The quantitative estimate of drug-likeness (QED) is 0.844. The topological polar surface area (TPSA) is 72.7 Å². The molecule has 0 spiro atoms. The van der Waals surface area contributed by atoms with Crippen LogP contribution >= 0.6 is 11.8 Å². The van der Waals surface area contributed by atoms with Gasteiger partial charge in [-0.3, -0.25) is 4.79 Å². The zero-order valence-corrected chi connectivity index (χ0v) is 14.9. The number of aromatic nitrogens is 4. The van der Waals surface area contributed by atoms with E-state index in [0.717, 1.165) is 12.1 Å². The van der Waals surface area contributed by atoms with Gasteiger partial charge in [0.15, 0.2) is 0 Å². The predicted molar refractivity (Wildman–Crippen MR) is 94.2 cm³/mol. The molecular formula is C17H23N5OS. The number of hydrogen-bond acceptors (Lipinski definition) is 5. The summed E-state index contributed by atoms with van der Waals surface area (Å²) in [7, 11) is 0. The van der Waals surface area contributed by atoms with E-state index < -0.39 is 0 Å². The summed E-state index contributed by atoms with van der Waals surface area (Å²) in [5.41, 5.74) is 2.08. The molecule has 1 aliphatic rings. The van der Waals surface area contributed by atoms with Crippen molar-refractivity contribution >= 4 is 17.7 Å². The second-order valence-corrected chi connectivity index (χ2v) is 7.38. The molecule has 24 heavy (non-hydrogen) atoms. The van der Waals surface area contributed by atoms with Gasteiger partial charge in [-0.05, 0) is 48.2 Å². The number of rotatable bonds is 5. The Kier molecular flexibility index (Phi) is 5.50. The summed E-state index contributed by atoms with van der Waals surface area (Å²) in [5, 5.41) is 15.6. The number of nitrogens with zero attached hydrogens (tertiary/aromatic N) is 4. The summed E-state index contributed by atoms with van der Waals surface area (Å²) in [6.07, 6.45) is 4.75. The number of aryl methyl sites for hydroxylation is 1. The summed E-state index contributed by atoms with van der Waals surface area (Å²) in [6.45, 7) is 4.25. The smallest absolute Gasteiger partial charge is 0.230 e. The van der Waals surface area contributed by atoms with Gasteiger partial charge in [0.2, 0.25) is 11.1 Å². The summed E-state index contributed by atoms with van der Waals surface area (Å²) >= 11 is 1.37. The van der Waals surface area contributed by atoms with Crippen LogP contribution < -0.4 is 5.32 Å². The maximum Gasteiger partial charge on any atom is 0.230 e. The fraction of sp³-hybridized carbons (Fsp3) is 0.529. The van der Waals surface area contributed by atoms with Gasteiger partial charge in [-0.1, -0.05) is 49.2 Å². The maximum atomic E-state index is 12.2. The number of hydrogen-bond donors (Lipinski definition) is 1. The highest BCUT2D eigenvalue weighted by atomic mass is 32.2. The Labute approximate surface area is 146 Å². The van der Waals surface area contributed by atoms with E-state index >= 15 is 0 Å². The number of thioether (sulfide) groups is 1. The number of carbonyl (C=O) groups excluding carboxylic acids is 1. The standard InChI is InChI=1S/C17H23N5OS/c1-12-7-9-14(10-8-12)22-17(19-20-21-22)24-11-16(23)18-15-6-4-3-5-13(15)2/h7-10,13,15H,3-6,11H2,1-2H3,(H,18,23)/t13-,15+/m1/s1. The van der Waals surface area contributed by atoms with Gasteiger partial charge in [-0.25, -0.2) is 0 Å². The second-order valence-electron chi connectivity index (χ2n) is 6.43. The van der Waals surface area contributed by atoms with Crippen LogP contribution in [0.3, 0.4) is 0 Å². The monoisotopic (exact) mass is 345 g/mol. The first kappa shape index (κ1) is 17.0. The molecule has 0 radical (unpaired) electrons. The number of tetrazole rings is 1. The molecule has 1 amide bonds. The minimum atomic E-state index is 0.0530. The zero-order valence-electron chi connectivity index (χ0n) is 14.1. The van der Waals surface area contributed by atoms with Crippen molar-refractivity contribution in [3.8, 4) is 5.69 Å². The Morgan fingerprint density at radius 1 is 1.29 bits per heavy atom. The van der Waals surface area contributed by atoms with Crippen molar-refractivity contribution in [2.24, 2.45) is 5.92 Å². The molecule has 1 aromatic heterocycles. The average Bonchev–Trinajstić information content (AvgIpc) is 3.04. The fourth-order valence-corrected chi connectivity index (χ4v) is 3.73. The van der Waals surface area contributed by atoms with Crippen LogP contribution in [-0.4, -0.2) is 37.9 Å². The van der Waals surface area contributed by atoms with Crippen LogP contribution in [0.5, 0.6) is 0 Å². The Balaban J connectivity index is 1.58. The van der Waals surface area contributed by atoms with E-state index in [1.54, 1.807) is 4.68 Å². The highest BCUT2D eigenvalue weighted by molar-refractivity contribution is 7.99. The molecule has 1 fully saturated rings. The van der Waals surface area contributed by atoms with Gasteiger partial charge in [0, 0.05) is 6.04 Å². The molecule has 2 atom stereocenters. The summed E-state index contributed by atoms with van der Waals surface area (Å²) in [5.74, 6) is 0.943. The van der Waals surface area contributed by atoms with E-state index in [2.05, 4.69) is 27.8 Å². The van der Waals surface area contributed by atoms with Gasteiger partial charge < -0.3 is 5.32 Å². The lowest BCUT2D eigenvalue weighted by Crippen LogP contribution is -2.41. The normalized spacial score (nSPS) is 20.8. The molecule has 0 bridgehead atoms. The molecule has 128 valence electrons. The molecule has 2 aromatic rings. The highest BCUT2D eigenvalue weighted by Crippen LogP contribution is 2.24. The van der Waals surface area contributed by atoms with Crippen molar-refractivity contribution in [1.29, 1.82) is 0 Å². The lowest BCUT2D eigenvalue weighted by atomic mass is 9.86. The van der Waals surface area contributed by atoms with E-state index in [0.29, 0.717) is 22.9 Å². The van der Waals surface area contributed by atoms with Gasteiger partial charge in [-0.15, -0.1) is 5.10 Å². The van der Waals surface area contributed by atoms with E-state index in [1.165, 1.54) is 36.6 Å². The summed E-state index contributed by atoms with van der Waals surface area (Å²) < 4.78 is 1.67. The summed E-state index contributed by atoms with van der Waals surface area (Å²) in [6, 6.07) is 8.28. The molecular weight excluding hydrogens is 322 g/mol. The number of benzene rings is 1. The van der Waals surface area contributed by atoms with E-state index in [9.17, 15) is 4.79 Å². The van der Waals surface area contributed by atoms with Gasteiger partial charge in [0.05, 0.1) is 11.4 Å². The van der Waals surface area contributed by atoms with Crippen molar-refractivity contribution in [2.75, 3.05) is 5.75 Å². The van der Waals surface area contributed by atoms with Gasteiger partial charge in [0.25, 0.3) is 0 Å². The number of carbonyl (C=O) groups is 1. The molecule has 1 heterocycles. The molecule has 1 saturated carbocycles.